The van der Waals surface area contributed by atoms with Crippen molar-refractivity contribution in [2.45, 2.75) is 18.8 Å². The number of halogens is 1. The quantitative estimate of drug-likeness (QED) is 0.826. The molecule has 1 saturated heterocycles. The van der Waals surface area contributed by atoms with E-state index in [1.165, 1.54) is 36.1 Å². The van der Waals surface area contributed by atoms with E-state index < -0.39 is 0 Å². The molecule has 0 amide bonds. The predicted molar refractivity (Wildman–Crippen MR) is 68.1 cm³/mol. The minimum absolute atomic E-state index is 0.639. The van der Waals surface area contributed by atoms with Crippen molar-refractivity contribution in [3.63, 3.8) is 0 Å². The van der Waals surface area contributed by atoms with Crippen molar-refractivity contribution in [1.29, 1.82) is 0 Å². The molecule has 0 bridgehead atoms. The van der Waals surface area contributed by atoms with Crippen LogP contribution < -0.4 is 4.74 Å². The summed E-state index contributed by atoms with van der Waals surface area (Å²) in [7, 11) is 0. The minimum Gasteiger partial charge on any atom is -0.493 e. The molecule has 86 valence electrons. The fourth-order valence-electron chi connectivity index (χ4n) is 2.55. The number of fused-ring (bicyclic) bond motifs is 1. The summed E-state index contributed by atoms with van der Waals surface area (Å²) in [6, 6.07) is 6.26. The Hall–Kier alpha value is -0.540. The van der Waals surface area contributed by atoms with Gasteiger partial charge < -0.3 is 9.64 Å². The zero-order valence-corrected chi connectivity index (χ0v) is 10.9. The van der Waals surface area contributed by atoms with Crippen LogP contribution in [0.1, 0.15) is 24.3 Å². The van der Waals surface area contributed by atoms with Crippen molar-refractivity contribution in [2.24, 2.45) is 0 Å². The Kier molecular flexibility index (Phi) is 2.90. The van der Waals surface area contributed by atoms with Gasteiger partial charge in [0.05, 0.1) is 6.61 Å². The number of hydrogen-bond acceptors (Lipinski definition) is 2. The van der Waals surface area contributed by atoms with Crippen LogP contribution in [0.5, 0.6) is 5.75 Å². The minimum atomic E-state index is 0.639. The molecule has 1 aromatic carbocycles. The number of hydrogen-bond donors (Lipinski definition) is 0. The van der Waals surface area contributed by atoms with Gasteiger partial charge in [0.25, 0.3) is 0 Å². The van der Waals surface area contributed by atoms with Gasteiger partial charge in [-0.1, -0.05) is 22.0 Å². The lowest BCUT2D eigenvalue weighted by Crippen LogP contribution is -2.40. The summed E-state index contributed by atoms with van der Waals surface area (Å²) in [6.45, 7) is 4.61. The van der Waals surface area contributed by atoms with E-state index >= 15 is 0 Å². The maximum atomic E-state index is 5.72. The van der Waals surface area contributed by atoms with Gasteiger partial charge in [0.2, 0.25) is 0 Å². The Morgan fingerprint density at radius 1 is 1.38 bits per heavy atom. The van der Waals surface area contributed by atoms with Gasteiger partial charge in [0.1, 0.15) is 5.75 Å². The van der Waals surface area contributed by atoms with Crippen LogP contribution in [-0.4, -0.2) is 31.1 Å². The van der Waals surface area contributed by atoms with E-state index in [0.717, 1.165) is 18.8 Å². The highest BCUT2D eigenvalue weighted by Crippen LogP contribution is 2.39. The Morgan fingerprint density at radius 2 is 2.25 bits per heavy atom. The van der Waals surface area contributed by atoms with Crippen LogP contribution in [-0.2, 0) is 0 Å². The van der Waals surface area contributed by atoms with E-state index in [2.05, 4.69) is 39.0 Å². The van der Waals surface area contributed by atoms with Crippen LogP contribution in [0.25, 0.3) is 0 Å². The molecule has 0 spiro atoms. The highest BCUT2D eigenvalue weighted by Gasteiger charge is 2.27. The average molecular weight is 282 g/mol. The monoisotopic (exact) mass is 281 g/mol. The molecule has 1 atom stereocenters. The first-order valence-electron chi connectivity index (χ1n) is 5.98. The van der Waals surface area contributed by atoms with E-state index in [9.17, 15) is 0 Å². The van der Waals surface area contributed by atoms with Gasteiger partial charge in [0.15, 0.2) is 0 Å². The third-order valence-corrected chi connectivity index (χ3v) is 4.26. The van der Waals surface area contributed by atoms with Crippen LogP contribution in [0.3, 0.4) is 0 Å². The zero-order chi connectivity index (χ0) is 11.0. The molecule has 0 aliphatic carbocycles. The van der Waals surface area contributed by atoms with Crippen LogP contribution >= 0.6 is 15.9 Å². The van der Waals surface area contributed by atoms with Gasteiger partial charge in [0, 0.05) is 22.5 Å². The van der Waals surface area contributed by atoms with Gasteiger partial charge >= 0.3 is 0 Å². The van der Waals surface area contributed by atoms with E-state index in [-0.39, 0.29) is 0 Å². The van der Waals surface area contributed by atoms with E-state index in [1.54, 1.807) is 0 Å². The van der Waals surface area contributed by atoms with E-state index in [1.807, 2.05) is 0 Å². The molecule has 0 saturated carbocycles. The van der Waals surface area contributed by atoms with Gasteiger partial charge in [-0.15, -0.1) is 0 Å². The van der Waals surface area contributed by atoms with Crippen molar-refractivity contribution >= 4 is 15.9 Å². The molecule has 0 N–H and O–H groups in total. The van der Waals surface area contributed by atoms with Crippen molar-refractivity contribution in [3.8, 4) is 5.75 Å². The lowest BCUT2D eigenvalue weighted by molar-refractivity contribution is 0.152. The van der Waals surface area contributed by atoms with Crippen molar-refractivity contribution in [3.05, 3.63) is 28.2 Å². The Morgan fingerprint density at radius 3 is 3.00 bits per heavy atom. The highest BCUT2D eigenvalue weighted by atomic mass is 79.9. The van der Waals surface area contributed by atoms with Crippen molar-refractivity contribution in [2.75, 3.05) is 26.2 Å². The Labute approximate surface area is 105 Å². The molecule has 16 heavy (non-hydrogen) atoms. The smallest absolute Gasteiger partial charge is 0.123 e. The molecule has 1 fully saturated rings. The first-order valence-corrected chi connectivity index (χ1v) is 6.77. The van der Waals surface area contributed by atoms with Crippen LogP contribution in [0.15, 0.2) is 22.7 Å². The third kappa shape index (κ3) is 1.87. The Bertz CT molecular complexity index is 390. The van der Waals surface area contributed by atoms with Gasteiger partial charge in [-0.2, -0.15) is 0 Å². The average Bonchev–Trinajstić information content (AvgIpc) is 2.24. The topological polar surface area (TPSA) is 12.5 Å². The van der Waals surface area contributed by atoms with Crippen molar-refractivity contribution in [1.82, 2.24) is 4.90 Å². The SMILES string of the molecule is Brc1cccc2c1C(CN1CCC1)CCO2. The summed E-state index contributed by atoms with van der Waals surface area (Å²) in [6.07, 6.45) is 2.51. The molecule has 2 aliphatic heterocycles. The molecule has 1 unspecified atom stereocenters. The largest absolute Gasteiger partial charge is 0.493 e. The van der Waals surface area contributed by atoms with E-state index in [0.29, 0.717) is 5.92 Å². The third-order valence-electron chi connectivity index (χ3n) is 3.57. The molecule has 3 heteroatoms. The molecule has 2 heterocycles. The van der Waals surface area contributed by atoms with E-state index in [4.69, 9.17) is 4.74 Å². The molecule has 2 nitrogen and oxygen atoms in total. The number of ether oxygens (including phenoxy) is 1. The molecule has 1 aromatic rings. The summed E-state index contributed by atoms with van der Waals surface area (Å²) in [4.78, 5) is 2.54. The summed E-state index contributed by atoms with van der Waals surface area (Å²) in [5, 5.41) is 0. The second kappa shape index (κ2) is 4.38. The standard InChI is InChI=1S/C13H16BrNO/c14-11-3-1-4-12-13(11)10(5-8-16-12)9-15-6-2-7-15/h1,3-4,10H,2,5-9H2. The molecule has 2 aliphatic rings. The molecular weight excluding hydrogens is 266 g/mol. The van der Waals surface area contributed by atoms with Crippen LogP contribution in [0.4, 0.5) is 0 Å². The Balaban J connectivity index is 1.86. The first kappa shape index (κ1) is 10.6. The summed E-state index contributed by atoms with van der Waals surface area (Å²) < 4.78 is 6.92. The second-order valence-electron chi connectivity index (χ2n) is 4.64. The van der Waals surface area contributed by atoms with Crippen LogP contribution in [0.2, 0.25) is 0 Å². The normalized spacial score (nSPS) is 24.4. The lowest BCUT2D eigenvalue weighted by Gasteiger charge is -2.36. The summed E-state index contributed by atoms with van der Waals surface area (Å²) >= 11 is 3.65. The van der Waals surface area contributed by atoms with Gasteiger partial charge in [-0.3, -0.25) is 0 Å². The van der Waals surface area contributed by atoms with Crippen molar-refractivity contribution < 1.29 is 4.74 Å². The second-order valence-corrected chi connectivity index (χ2v) is 5.49. The molecule has 0 aromatic heterocycles. The van der Waals surface area contributed by atoms with Gasteiger partial charge in [-0.05, 0) is 38.1 Å². The fourth-order valence-corrected chi connectivity index (χ4v) is 3.23. The number of nitrogens with zero attached hydrogens (tertiary/aromatic N) is 1. The zero-order valence-electron chi connectivity index (χ0n) is 9.29. The number of benzene rings is 1. The molecule has 0 radical (unpaired) electrons. The summed E-state index contributed by atoms with van der Waals surface area (Å²) in [5.41, 5.74) is 1.38. The first-order chi connectivity index (χ1) is 7.84. The number of rotatable bonds is 2. The summed E-state index contributed by atoms with van der Waals surface area (Å²) in [5.74, 6) is 1.71. The maximum absolute atomic E-state index is 5.72. The number of likely N-dealkylation sites (tertiary alicyclic amines) is 1. The molecular formula is C13H16BrNO. The maximum Gasteiger partial charge on any atom is 0.123 e. The highest BCUT2D eigenvalue weighted by molar-refractivity contribution is 9.10. The molecule has 3 rings (SSSR count). The fraction of sp³-hybridized carbons (Fsp3) is 0.538. The van der Waals surface area contributed by atoms with Gasteiger partial charge in [-0.25, -0.2) is 0 Å². The lowest BCUT2D eigenvalue weighted by atomic mass is 9.92. The predicted octanol–water partition coefficient (Wildman–Crippen LogP) is 3.02. The van der Waals surface area contributed by atoms with Crippen LogP contribution in [0, 0.1) is 0 Å².